The molecule has 2 aliphatic rings. The molecule has 0 bridgehead atoms. The monoisotopic (exact) mass is 281 g/mol. The largest absolute Gasteiger partial charge is 0.381 e. The Kier molecular flexibility index (Phi) is 4.33. The van der Waals surface area contributed by atoms with Gasteiger partial charge in [0.2, 0.25) is 5.89 Å². The molecule has 6 heteroatoms. The summed E-state index contributed by atoms with van der Waals surface area (Å²) in [5, 5.41) is 7.63. The third kappa shape index (κ3) is 3.02. The highest BCUT2D eigenvalue weighted by Crippen LogP contribution is 2.31. The van der Waals surface area contributed by atoms with E-state index in [1.54, 1.807) is 0 Å². The molecule has 0 aliphatic carbocycles. The second-order valence-electron chi connectivity index (χ2n) is 5.75. The van der Waals surface area contributed by atoms with Crippen molar-refractivity contribution in [1.29, 1.82) is 0 Å². The van der Waals surface area contributed by atoms with E-state index >= 15 is 0 Å². The Hall–Kier alpha value is -0.980. The third-order valence-corrected chi connectivity index (χ3v) is 4.32. The van der Waals surface area contributed by atoms with Crippen LogP contribution in [0.5, 0.6) is 0 Å². The van der Waals surface area contributed by atoms with Crippen LogP contribution in [-0.2, 0) is 9.47 Å². The van der Waals surface area contributed by atoms with E-state index in [1.807, 2.05) is 6.92 Å². The van der Waals surface area contributed by atoms with Crippen molar-refractivity contribution in [1.82, 2.24) is 15.5 Å². The number of aryl methyl sites for hydroxylation is 1. The number of ether oxygens (including phenoxy) is 2. The molecule has 112 valence electrons. The van der Waals surface area contributed by atoms with Crippen LogP contribution in [0.15, 0.2) is 4.52 Å². The molecule has 2 aliphatic heterocycles. The zero-order chi connectivity index (χ0) is 13.9. The molecule has 6 nitrogen and oxygen atoms in total. The first-order valence-electron chi connectivity index (χ1n) is 7.49. The Bertz CT molecular complexity index is 431. The second kappa shape index (κ2) is 6.20. The SMILES string of the molecule is Cc1noc([C@H](N[C@@H]2CCO[C@@H]2C)C2CCOCC2)n1. The minimum Gasteiger partial charge on any atom is -0.381 e. The number of nitrogens with one attached hydrogen (secondary N) is 1. The maximum atomic E-state index is 5.64. The van der Waals surface area contributed by atoms with Gasteiger partial charge in [0.25, 0.3) is 0 Å². The topological polar surface area (TPSA) is 69.4 Å². The summed E-state index contributed by atoms with van der Waals surface area (Å²) in [6, 6.07) is 0.462. The van der Waals surface area contributed by atoms with Crippen LogP contribution < -0.4 is 5.32 Å². The quantitative estimate of drug-likeness (QED) is 0.904. The van der Waals surface area contributed by atoms with Gasteiger partial charge < -0.3 is 19.3 Å². The van der Waals surface area contributed by atoms with Gasteiger partial charge in [-0.05, 0) is 39.0 Å². The summed E-state index contributed by atoms with van der Waals surface area (Å²) in [4.78, 5) is 4.43. The highest BCUT2D eigenvalue weighted by atomic mass is 16.5. The van der Waals surface area contributed by atoms with Crippen LogP contribution in [-0.4, -0.2) is 42.1 Å². The zero-order valence-electron chi connectivity index (χ0n) is 12.2. The maximum Gasteiger partial charge on any atom is 0.244 e. The summed E-state index contributed by atoms with van der Waals surface area (Å²) in [5.41, 5.74) is 0. The summed E-state index contributed by atoms with van der Waals surface area (Å²) in [5.74, 6) is 1.87. The summed E-state index contributed by atoms with van der Waals surface area (Å²) in [7, 11) is 0. The molecular formula is C14H23N3O3. The fraction of sp³-hybridized carbons (Fsp3) is 0.857. The predicted octanol–water partition coefficient (Wildman–Crippen LogP) is 1.61. The first-order chi connectivity index (χ1) is 9.74. The number of aromatic nitrogens is 2. The van der Waals surface area contributed by atoms with Gasteiger partial charge in [0.05, 0.1) is 12.1 Å². The Labute approximate surface area is 119 Å². The highest BCUT2D eigenvalue weighted by molar-refractivity contribution is 4.98. The summed E-state index contributed by atoms with van der Waals surface area (Å²) < 4.78 is 16.5. The average molecular weight is 281 g/mol. The van der Waals surface area contributed by atoms with Crippen LogP contribution in [0.1, 0.15) is 43.9 Å². The molecule has 0 unspecified atom stereocenters. The van der Waals surface area contributed by atoms with Crippen molar-refractivity contribution in [2.75, 3.05) is 19.8 Å². The van der Waals surface area contributed by atoms with Crippen molar-refractivity contribution < 1.29 is 14.0 Å². The van der Waals surface area contributed by atoms with Crippen LogP contribution in [0, 0.1) is 12.8 Å². The van der Waals surface area contributed by atoms with Gasteiger partial charge in [-0.15, -0.1) is 0 Å². The van der Waals surface area contributed by atoms with Crippen LogP contribution in [0.3, 0.4) is 0 Å². The lowest BCUT2D eigenvalue weighted by Gasteiger charge is -2.31. The van der Waals surface area contributed by atoms with Crippen molar-refractivity contribution in [3.05, 3.63) is 11.7 Å². The van der Waals surface area contributed by atoms with Crippen molar-refractivity contribution in [3.8, 4) is 0 Å². The smallest absolute Gasteiger partial charge is 0.244 e. The van der Waals surface area contributed by atoms with E-state index < -0.39 is 0 Å². The van der Waals surface area contributed by atoms with E-state index in [4.69, 9.17) is 14.0 Å². The van der Waals surface area contributed by atoms with Gasteiger partial charge in [0.15, 0.2) is 5.82 Å². The highest BCUT2D eigenvalue weighted by Gasteiger charge is 2.34. The zero-order valence-corrected chi connectivity index (χ0v) is 12.2. The summed E-state index contributed by atoms with van der Waals surface area (Å²) in [6.07, 6.45) is 3.33. The van der Waals surface area contributed by atoms with Gasteiger partial charge in [0.1, 0.15) is 0 Å². The first kappa shape index (κ1) is 14.0. The van der Waals surface area contributed by atoms with E-state index in [1.165, 1.54) is 0 Å². The molecule has 2 fully saturated rings. The maximum absolute atomic E-state index is 5.64. The Morgan fingerprint density at radius 1 is 1.20 bits per heavy atom. The predicted molar refractivity (Wildman–Crippen MR) is 72.3 cm³/mol. The molecule has 0 amide bonds. The van der Waals surface area contributed by atoms with Crippen molar-refractivity contribution in [3.63, 3.8) is 0 Å². The van der Waals surface area contributed by atoms with Crippen LogP contribution in [0.2, 0.25) is 0 Å². The normalized spacial score (nSPS) is 29.7. The lowest BCUT2D eigenvalue weighted by molar-refractivity contribution is 0.0432. The van der Waals surface area contributed by atoms with Crippen LogP contribution >= 0.6 is 0 Å². The van der Waals surface area contributed by atoms with Gasteiger partial charge in [-0.25, -0.2) is 0 Å². The number of rotatable bonds is 4. The van der Waals surface area contributed by atoms with Gasteiger partial charge in [-0.3, -0.25) is 0 Å². The second-order valence-corrected chi connectivity index (χ2v) is 5.75. The molecule has 0 radical (unpaired) electrons. The molecule has 3 atom stereocenters. The molecule has 1 aromatic rings. The van der Waals surface area contributed by atoms with E-state index in [9.17, 15) is 0 Å². The molecule has 0 saturated carbocycles. The van der Waals surface area contributed by atoms with E-state index in [0.29, 0.717) is 23.7 Å². The van der Waals surface area contributed by atoms with Crippen molar-refractivity contribution >= 4 is 0 Å². The summed E-state index contributed by atoms with van der Waals surface area (Å²) in [6.45, 7) is 6.42. The summed E-state index contributed by atoms with van der Waals surface area (Å²) >= 11 is 0. The molecule has 0 spiro atoms. The molecule has 0 aromatic carbocycles. The molecule has 1 aromatic heterocycles. The molecule has 1 N–H and O–H groups in total. The number of hydrogen-bond acceptors (Lipinski definition) is 6. The standard InChI is InChI=1S/C14H23N3O3/c1-9-12(5-8-19-9)16-13(11-3-6-18-7-4-11)14-15-10(2)17-20-14/h9,11-13,16H,3-8H2,1-2H3/t9-,12-,13-/m1/s1. The van der Waals surface area contributed by atoms with Gasteiger partial charge in [0, 0.05) is 25.9 Å². The van der Waals surface area contributed by atoms with E-state index in [2.05, 4.69) is 22.4 Å². The van der Waals surface area contributed by atoms with Crippen molar-refractivity contribution in [2.45, 2.75) is 51.3 Å². The van der Waals surface area contributed by atoms with E-state index in [-0.39, 0.29) is 12.1 Å². The molecule has 20 heavy (non-hydrogen) atoms. The fourth-order valence-corrected chi connectivity index (χ4v) is 3.08. The third-order valence-electron chi connectivity index (χ3n) is 4.32. The van der Waals surface area contributed by atoms with Gasteiger partial charge in [-0.2, -0.15) is 4.98 Å². The number of hydrogen-bond donors (Lipinski definition) is 1. The van der Waals surface area contributed by atoms with Gasteiger partial charge >= 0.3 is 0 Å². The fourth-order valence-electron chi connectivity index (χ4n) is 3.08. The van der Waals surface area contributed by atoms with Crippen LogP contribution in [0.4, 0.5) is 0 Å². The Balaban J connectivity index is 1.75. The molecular weight excluding hydrogens is 258 g/mol. The first-order valence-corrected chi connectivity index (χ1v) is 7.49. The lowest BCUT2D eigenvalue weighted by atomic mass is 9.90. The van der Waals surface area contributed by atoms with Gasteiger partial charge in [-0.1, -0.05) is 5.16 Å². The molecule has 3 rings (SSSR count). The van der Waals surface area contributed by atoms with E-state index in [0.717, 1.165) is 39.1 Å². The minimum atomic E-state index is 0.106. The Morgan fingerprint density at radius 2 is 2.00 bits per heavy atom. The molecule has 3 heterocycles. The number of nitrogens with zero attached hydrogens (tertiary/aromatic N) is 2. The lowest BCUT2D eigenvalue weighted by Crippen LogP contribution is -2.42. The average Bonchev–Trinajstić information content (AvgIpc) is 3.06. The minimum absolute atomic E-state index is 0.106. The molecule has 2 saturated heterocycles. The van der Waals surface area contributed by atoms with Crippen LogP contribution in [0.25, 0.3) is 0 Å². The Morgan fingerprint density at radius 3 is 2.60 bits per heavy atom. The van der Waals surface area contributed by atoms with Crippen molar-refractivity contribution in [2.24, 2.45) is 5.92 Å².